The largest absolute Gasteiger partial charge is 0.435 e. The molecule has 1 amide bonds. The van der Waals surface area contributed by atoms with Gasteiger partial charge in [0.15, 0.2) is 15.7 Å². The molecule has 0 bridgehead atoms. The first kappa shape index (κ1) is 23.8. The number of fused-ring (bicyclic) bond motifs is 1. The molecule has 0 saturated carbocycles. The van der Waals surface area contributed by atoms with E-state index in [1.807, 2.05) is 0 Å². The van der Waals surface area contributed by atoms with Gasteiger partial charge in [-0.25, -0.2) is 22.8 Å². The maximum atomic E-state index is 13.4. The Bertz CT molecular complexity index is 1560. The zero-order chi connectivity index (χ0) is 25.4. The molecule has 1 N–H and O–H groups in total. The van der Waals surface area contributed by atoms with Gasteiger partial charge in [0.05, 0.1) is 29.4 Å². The molecule has 186 valence electrons. The van der Waals surface area contributed by atoms with E-state index in [4.69, 9.17) is 0 Å². The van der Waals surface area contributed by atoms with Crippen molar-refractivity contribution in [2.75, 3.05) is 11.5 Å². The molecule has 0 radical (unpaired) electrons. The van der Waals surface area contributed by atoms with Gasteiger partial charge in [-0.1, -0.05) is 18.2 Å². The van der Waals surface area contributed by atoms with Crippen LogP contribution in [0.5, 0.6) is 5.75 Å². The molecule has 0 aliphatic carbocycles. The Morgan fingerprint density at radius 1 is 1.14 bits per heavy atom. The van der Waals surface area contributed by atoms with Crippen LogP contribution in [-0.2, 0) is 9.84 Å². The van der Waals surface area contributed by atoms with Crippen molar-refractivity contribution in [2.24, 2.45) is 0 Å². The number of aromatic nitrogens is 3. The lowest BCUT2D eigenvalue weighted by Gasteiger charge is -2.11. The lowest BCUT2D eigenvalue weighted by molar-refractivity contribution is -0.0498. The summed E-state index contributed by atoms with van der Waals surface area (Å²) < 4.78 is 68.5. The molecule has 2 aromatic carbocycles. The first-order valence-corrected chi connectivity index (χ1v) is 12.7. The fourth-order valence-corrected chi connectivity index (χ4v) is 5.88. The van der Waals surface area contributed by atoms with Crippen molar-refractivity contribution in [3.8, 4) is 22.8 Å². The number of amides is 1. The van der Waals surface area contributed by atoms with Crippen LogP contribution in [0.15, 0.2) is 61.1 Å². The molecule has 4 aromatic rings. The Labute approximate surface area is 203 Å². The second kappa shape index (κ2) is 9.26. The number of benzene rings is 2. The molecule has 36 heavy (non-hydrogen) atoms. The number of ether oxygens (including phenoxy) is 1. The van der Waals surface area contributed by atoms with E-state index in [9.17, 15) is 26.4 Å². The van der Waals surface area contributed by atoms with Crippen LogP contribution in [0.25, 0.3) is 28.0 Å². The zero-order valence-corrected chi connectivity index (χ0v) is 19.4. The van der Waals surface area contributed by atoms with Gasteiger partial charge in [-0.05, 0) is 36.2 Å². The summed E-state index contributed by atoms with van der Waals surface area (Å²) in [5.41, 5.74) is 1.96. The van der Waals surface area contributed by atoms with E-state index in [1.165, 1.54) is 12.1 Å². The first-order chi connectivity index (χ1) is 17.2. The van der Waals surface area contributed by atoms with Gasteiger partial charge in [0.25, 0.3) is 5.91 Å². The molecule has 3 heterocycles. The number of carbonyl (C=O) groups is 1. The van der Waals surface area contributed by atoms with Crippen molar-refractivity contribution >= 4 is 26.6 Å². The predicted octanol–water partition coefficient (Wildman–Crippen LogP) is 3.74. The maximum absolute atomic E-state index is 13.4. The normalized spacial score (nSPS) is 16.9. The third-order valence-corrected chi connectivity index (χ3v) is 7.60. The summed E-state index contributed by atoms with van der Waals surface area (Å²) in [6.45, 7) is -2.98. The van der Waals surface area contributed by atoms with Gasteiger partial charge in [0.1, 0.15) is 5.75 Å². The fourth-order valence-electron chi connectivity index (χ4n) is 4.21. The van der Waals surface area contributed by atoms with Gasteiger partial charge in [-0.2, -0.15) is 8.78 Å². The molecule has 1 saturated heterocycles. The number of hydrogen-bond donors (Lipinski definition) is 1. The summed E-state index contributed by atoms with van der Waals surface area (Å²) in [5, 5.41) is 3.40. The van der Waals surface area contributed by atoms with E-state index in [-0.39, 0.29) is 28.8 Å². The minimum Gasteiger partial charge on any atom is -0.435 e. The van der Waals surface area contributed by atoms with Crippen molar-refractivity contribution < 1.29 is 31.1 Å². The van der Waals surface area contributed by atoms with Crippen LogP contribution in [0.4, 0.5) is 13.2 Å². The smallest absolute Gasteiger partial charge is 0.387 e. The molecule has 0 spiro atoms. The van der Waals surface area contributed by atoms with E-state index in [0.29, 0.717) is 28.5 Å². The Morgan fingerprint density at radius 3 is 2.61 bits per heavy atom. The molecule has 8 nitrogen and oxygen atoms in total. The number of alkyl halides is 2. The van der Waals surface area contributed by atoms with Crippen LogP contribution in [0.2, 0.25) is 0 Å². The number of nitrogens with one attached hydrogen (secondary N) is 1. The topological polar surface area (TPSA) is 103 Å². The van der Waals surface area contributed by atoms with Gasteiger partial charge in [0.2, 0.25) is 5.95 Å². The molecule has 0 unspecified atom stereocenters. The minimum absolute atomic E-state index is 0.0241. The molecular formula is C24H19F3N4O4S. The zero-order valence-electron chi connectivity index (χ0n) is 18.6. The number of rotatable bonds is 6. The maximum Gasteiger partial charge on any atom is 0.387 e. The first-order valence-electron chi connectivity index (χ1n) is 10.9. The van der Waals surface area contributed by atoms with Crippen molar-refractivity contribution in [1.29, 1.82) is 0 Å². The van der Waals surface area contributed by atoms with Gasteiger partial charge in [-0.15, -0.1) is 0 Å². The Kier molecular flexibility index (Phi) is 6.12. The van der Waals surface area contributed by atoms with Crippen LogP contribution in [0, 0.1) is 5.82 Å². The van der Waals surface area contributed by atoms with Crippen LogP contribution >= 0.6 is 0 Å². The summed E-state index contributed by atoms with van der Waals surface area (Å²) in [4.78, 5) is 20.9. The standard InChI is InChI=1S/C24H19F3N4O4S/c25-16-10-28-24(29-11-16)31-12-20(14-2-1-3-18(8-14)35-23(26)27)19-5-4-15(9-21(19)31)22(32)30-17-6-7-36(33,34)13-17/h1-5,8-12,17,23H,6-7,13H2,(H,30,32)/t17-/m0/s1. The van der Waals surface area contributed by atoms with Crippen LogP contribution in [-0.4, -0.2) is 53.0 Å². The van der Waals surface area contributed by atoms with Crippen LogP contribution < -0.4 is 10.1 Å². The van der Waals surface area contributed by atoms with E-state index in [2.05, 4.69) is 20.0 Å². The second-order valence-corrected chi connectivity index (χ2v) is 10.6. The fraction of sp³-hybridized carbons (Fsp3) is 0.208. The number of sulfone groups is 1. The number of hydrogen-bond acceptors (Lipinski definition) is 6. The lowest BCUT2D eigenvalue weighted by Crippen LogP contribution is -2.35. The highest BCUT2D eigenvalue weighted by atomic mass is 32.2. The third-order valence-electron chi connectivity index (χ3n) is 5.83. The van der Waals surface area contributed by atoms with Gasteiger partial charge < -0.3 is 10.1 Å². The summed E-state index contributed by atoms with van der Waals surface area (Å²) >= 11 is 0. The van der Waals surface area contributed by atoms with E-state index >= 15 is 0 Å². The SMILES string of the molecule is O=C(N[C@H]1CCS(=O)(=O)C1)c1ccc2c(-c3cccc(OC(F)F)c3)cn(-c3ncc(F)cn3)c2c1. The van der Waals surface area contributed by atoms with Crippen molar-refractivity contribution in [3.63, 3.8) is 0 Å². The lowest BCUT2D eigenvalue weighted by atomic mass is 10.0. The van der Waals surface area contributed by atoms with Crippen LogP contribution in [0.1, 0.15) is 16.8 Å². The highest BCUT2D eigenvalue weighted by Gasteiger charge is 2.29. The third kappa shape index (κ3) is 4.89. The van der Waals surface area contributed by atoms with Gasteiger partial charge in [0, 0.05) is 28.8 Å². The van der Waals surface area contributed by atoms with E-state index in [0.717, 1.165) is 12.4 Å². The highest BCUT2D eigenvalue weighted by Crippen LogP contribution is 2.34. The van der Waals surface area contributed by atoms with Crippen LogP contribution in [0.3, 0.4) is 0 Å². The van der Waals surface area contributed by atoms with Crippen molar-refractivity contribution in [1.82, 2.24) is 19.9 Å². The summed E-state index contributed by atoms with van der Waals surface area (Å²) in [7, 11) is -3.17. The van der Waals surface area contributed by atoms with Gasteiger partial charge in [-0.3, -0.25) is 9.36 Å². The highest BCUT2D eigenvalue weighted by molar-refractivity contribution is 7.91. The Hall–Kier alpha value is -3.93. The monoisotopic (exact) mass is 516 g/mol. The van der Waals surface area contributed by atoms with Crippen molar-refractivity contribution in [2.45, 2.75) is 19.1 Å². The average molecular weight is 517 g/mol. The average Bonchev–Trinajstić information content (AvgIpc) is 3.38. The Morgan fingerprint density at radius 2 is 1.92 bits per heavy atom. The number of halogens is 3. The van der Waals surface area contributed by atoms with E-state index < -0.39 is 34.2 Å². The predicted molar refractivity (Wildman–Crippen MR) is 125 cm³/mol. The molecule has 5 rings (SSSR count). The minimum atomic E-state index is -3.17. The number of carbonyl (C=O) groups excluding carboxylic acids is 1. The molecule has 12 heteroatoms. The summed E-state index contributed by atoms with van der Waals surface area (Å²) in [5.74, 6) is -1.04. The van der Waals surface area contributed by atoms with Gasteiger partial charge >= 0.3 is 6.61 Å². The molecule has 1 atom stereocenters. The molecule has 2 aromatic heterocycles. The molecule has 1 fully saturated rings. The van der Waals surface area contributed by atoms with Crippen molar-refractivity contribution in [3.05, 3.63) is 72.4 Å². The summed E-state index contributed by atoms with van der Waals surface area (Å²) in [6, 6.07) is 10.5. The molecule has 1 aliphatic rings. The molecular weight excluding hydrogens is 497 g/mol. The van der Waals surface area contributed by atoms with E-state index in [1.54, 1.807) is 41.1 Å². The number of nitrogens with zero attached hydrogens (tertiary/aromatic N) is 3. The second-order valence-electron chi connectivity index (χ2n) is 8.33. The summed E-state index contributed by atoms with van der Waals surface area (Å²) in [6.07, 6.45) is 4.01. The molecule has 1 aliphatic heterocycles. The Balaban J connectivity index is 1.58. The quantitative estimate of drug-likeness (QED) is 0.419.